The summed E-state index contributed by atoms with van der Waals surface area (Å²) in [6.45, 7) is 2.41. The molecule has 0 aliphatic heterocycles. The largest absolute Gasteiger partial charge is 0.383 e. The van der Waals surface area contributed by atoms with Gasteiger partial charge in [-0.2, -0.15) is 0 Å². The van der Waals surface area contributed by atoms with E-state index in [1.807, 2.05) is 79.7 Å². The van der Waals surface area contributed by atoms with Gasteiger partial charge in [-0.05, 0) is 28.3 Å². The molecule has 33 heavy (non-hydrogen) atoms. The molecule has 0 spiro atoms. The minimum atomic E-state index is -0.665. The van der Waals surface area contributed by atoms with Gasteiger partial charge in [0.05, 0.1) is 13.0 Å². The van der Waals surface area contributed by atoms with E-state index in [0.717, 1.165) is 21.9 Å². The summed E-state index contributed by atoms with van der Waals surface area (Å²) in [7, 11) is 0. The number of nitrogens with zero attached hydrogens (tertiary/aromatic N) is 2. The molecule has 3 aromatic carbocycles. The highest BCUT2D eigenvalue weighted by atomic mass is 16.2. The monoisotopic (exact) mass is 442 g/mol. The van der Waals surface area contributed by atoms with Crippen LogP contribution < -0.4 is 21.9 Å². The third-order valence-corrected chi connectivity index (χ3v) is 5.59. The van der Waals surface area contributed by atoms with Crippen LogP contribution in [-0.2, 0) is 17.8 Å². The molecule has 4 aromatic rings. The maximum Gasteiger partial charge on any atom is 0.330 e. The van der Waals surface area contributed by atoms with Gasteiger partial charge in [-0.25, -0.2) is 4.79 Å². The van der Waals surface area contributed by atoms with Crippen molar-refractivity contribution in [2.45, 2.75) is 26.3 Å². The van der Waals surface area contributed by atoms with E-state index in [4.69, 9.17) is 5.73 Å². The summed E-state index contributed by atoms with van der Waals surface area (Å²) in [5, 5.41) is 2.13. The number of fused-ring (bicyclic) bond motifs is 1. The second-order valence-corrected chi connectivity index (χ2v) is 7.97. The number of nitrogens with one attached hydrogen (secondary N) is 1. The predicted molar refractivity (Wildman–Crippen MR) is 132 cm³/mol. The molecular weight excluding hydrogens is 416 g/mol. The van der Waals surface area contributed by atoms with Gasteiger partial charge in [0.1, 0.15) is 5.82 Å². The van der Waals surface area contributed by atoms with Crippen molar-refractivity contribution in [2.24, 2.45) is 0 Å². The molecule has 4 rings (SSSR count). The van der Waals surface area contributed by atoms with Crippen molar-refractivity contribution in [3.05, 3.63) is 105 Å². The van der Waals surface area contributed by atoms with Gasteiger partial charge >= 0.3 is 5.69 Å². The molecule has 168 valence electrons. The Hall–Kier alpha value is -4.13. The lowest BCUT2D eigenvalue weighted by atomic mass is 10.0. The summed E-state index contributed by atoms with van der Waals surface area (Å²) in [5.41, 5.74) is 6.75. The normalized spacial score (nSPS) is 10.9. The Morgan fingerprint density at radius 1 is 0.939 bits per heavy atom. The summed E-state index contributed by atoms with van der Waals surface area (Å²) < 4.78 is 1.29. The first kappa shape index (κ1) is 22.1. The molecule has 0 atom stereocenters. The minimum Gasteiger partial charge on any atom is -0.383 e. The smallest absolute Gasteiger partial charge is 0.330 e. The number of hydrogen-bond donors (Lipinski definition) is 2. The summed E-state index contributed by atoms with van der Waals surface area (Å²) in [6, 6.07) is 23.1. The minimum absolute atomic E-state index is 0.0122. The summed E-state index contributed by atoms with van der Waals surface area (Å²) >= 11 is 0. The summed E-state index contributed by atoms with van der Waals surface area (Å²) in [5.74, 6) is -0.276. The second-order valence-electron chi connectivity index (χ2n) is 7.97. The van der Waals surface area contributed by atoms with E-state index >= 15 is 0 Å². The van der Waals surface area contributed by atoms with Crippen LogP contribution in [0, 0.1) is 0 Å². The zero-order chi connectivity index (χ0) is 23.4. The molecule has 7 nitrogen and oxygen atoms in total. The molecule has 0 saturated carbocycles. The van der Waals surface area contributed by atoms with E-state index in [1.54, 1.807) is 0 Å². The standard InChI is InChI=1S/C26H26N4O3/c1-2-14-29(22(31)16-19-12-13-20-10-6-7-11-21(20)15-19)23-24(27)30(26(33)28-25(23)32)17-18-8-4-3-5-9-18/h3-13,15H,2,14,16-17,27H2,1H3,(H,28,32,33). The van der Waals surface area contributed by atoms with Crippen LogP contribution >= 0.6 is 0 Å². The van der Waals surface area contributed by atoms with E-state index in [2.05, 4.69) is 4.98 Å². The first-order chi connectivity index (χ1) is 16.0. The Morgan fingerprint density at radius 3 is 2.36 bits per heavy atom. The number of aromatic nitrogens is 2. The predicted octanol–water partition coefficient (Wildman–Crippen LogP) is 3.31. The number of benzene rings is 3. The number of anilines is 2. The Morgan fingerprint density at radius 2 is 1.64 bits per heavy atom. The van der Waals surface area contributed by atoms with Crippen molar-refractivity contribution in [3.63, 3.8) is 0 Å². The summed E-state index contributed by atoms with van der Waals surface area (Å²) in [4.78, 5) is 42.3. The van der Waals surface area contributed by atoms with Crippen LogP contribution in [0.3, 0.4) is 0 Å². The quantitative estimate of drug-likeness (QED) is 0.458. The molecule has 0 aliphatic carbocycles. The number of nitrogen functional groups attached to an aromatic ring is 1. The fourth-order valence-corrected chi connectivity index (χ4v) is 3.96. The zero-order valence-electron chi connectivity index (χ0n) is 18.5. The van der Waals surface area contributed by atoms with Crippen LogP contribution in [-0.4, -0.2) is 22.0 Å². The molecule has 7 heteroatoms. The second kappa shape index (κ2) is 9.56. The van der Waals surface area contributed by atoms with E-state index in [0.29, 0.717) is 13.0 Å². The number of rotatable bonds is 7. The molecule has 1 heterocycles. The van der Waals surface area contributed by atoms with Crippen molar-refractivity contribution in [1.29, 1.82) is 0 Å². The van der Waals surface area contributed by atoms with E-state index in [-0.39, 0.29) is 30.4 Å². The molecule has 0 aliphatic rings. The van der Waals surface area contributed by atoms with Crippen LogP contribution in [0.15, 0.2) is 82.4 Å². The van der Waals surface area contributed by atoms with Gasteiger partial charge < -0.3 is 10.6 Å². The molecular formula is C26H26N4O3. The Labute approximate surface area is 191 Å². The number of H-pyrrole nitrogens is 1. The molecule has 0 unspecified atom stereocenters. The average molecular weight is 443 g/mol. The Bertz CT molecular complexity index is 1410. The highest BCUT2D eigenvalue weighted by Crippen LogP contribution is 2.21. The van der Waals surface area contributed by atoms with E-state index in [1.165, 1.54) is 9.47 Å². The molecule has 1 aromatic heterocycles. The van der Waals surface area contributed by atoms with Gasteiger partial charge in [-0.3, -0.25) is 19.1 Å². The van der Waals surface area contributed by atoms with Crippen molar-refractivity contribution in [2.75, 3.05) is 17.2 Å². The summed E-state index contributed by atoms with van der Waals surface area (Å²) in [6.07, 6.45) is 0.738. The Balaban J connectivity index is 1.70. The van der Waals surface area contributed by atoms with Gasteiger partial charge in [-0.15, -0.1) is 0 Å². The molecule has 0 bridgehead atoms. The molecule has 1 amide bonds. The molecule has 0 radical (unpaired) electrons. The van der Waals surface area contributed by atoms with Crippen LogP contribution in [0.25, 0.3) is 10.8 Å². The average Bonchev–Trinajstić information content (AvgIpc) is 2.81. The third kappa shape index (κ3) is 4.72. The van der Waals surface area contributed by atoms with Gasteiger partial charge in [0.25, 0.3) is 5.56 Å². The maximum absolute atomic E-state index is 13.3. The molecule has 0 fully saturated rings. The van der Waals surface area contributed by atoms with Crippen LogP contribution in [0.1, 0.15) is 24.5 Å². The van der Waals surface area contributed by atoms with E-state index in [9.17, 15) is 14.4 Å². The van der Waals surface area contributed by atoms with Crippen molar-refractivity contribution in [1.82, 2.24) is 9.55 Å². The van der Waals surface area contributed by atoms with Crippen molar-refractivity contribution >= 4 is 28.2 Å². The van der Waals surface area contributed by atoms with E-state index < -0.39 is 11.2 Å². The zero-order valence-corrected chi connectivity index (χ0v) is 18.5. The SMILES string of the molecule is CCCN(C(=O)Cc1ccc2ccccc2c1)c1c(N)n(Cc2ccccc2)c(=O)[nH]c1=O. The lowest BCUT2D eigenvalue weighted by Gasteiger charge is -2.24. The molecule has 0 saturated heterocycles. The number of carbonyl (C=O) groups is 1. The maximum atomic E-state index is 13.3. The molecule has 3 N–H and O–H groups in total. The fourth-order valence-electron chi connectivity index (χ4n) is 3.96. The third-order valence-electron chi connectivity index (χ3n) is 5.59. The number of carbonyl (C=O) groups excluding carboxylic acids is 1. The van der Waals surface area contributed by atoms with Crippen molar-refractivity contribution < 1.29 is 4.79 Å². The topological polar surface area (TPSA) is 101 Å². The highest BCUT2D eigenvalue weighted by molar-refractivity contribution is 5.97. The number of nitrogens with two attached hydrogens (primary N) is 1. The highest BCUT2D eigenvalue weighted by Gasteiger charge is 2.24. The number of hydrogen-bond acceptors (Lipinski definition) is 4. The fraction of sp³-hybridized carbons (Fsp3) is 0.192. The van der Waals surface area contributed by atoms with Crippen molar-refractivity contribution in [3.8, 4) is 0 Å². The number of aromatic amines is 1. The van der Waals surface area contributed by atoms with Gasteiger partial charge in [0.2, 0.25) is 5.91 Å². The van der Waals surface area contributed by atoms with Crippen LogP contribution in [0.2, 0.25) is 0 Å². The Kier molecular flexibility index (Phi) is 6.40. The lowest BCUT2D eigenvalue weighted by Crippen LogP contribution is -2.42. The van der Waals surface area contributed by atoms with Gasteiger partial charge in [0.15, 0.2) is 5.69 Å². The van der Waals surface area contributed by atoms with Gasteiger partial charge in [-0.1, -0.05) is 79.7 Å². The van der Waals surface area contributed by atoms with Crippen LogP contribution in [0.5, 0.6) is 0 Å². The first-order valence-corrected chi connectivity index (χ1v) is 10.9. The first-order valence-electron chi connectivity index (χ1n) is 10.9. The van der Waals surface area contributed by atoms with Crippen LogP contribution in [0.4, 0.5) is 11.5 Å². The van der Waals surface area contributed by atoms with Gasteiger partial charge in [0, 0.05) is 6.54 Å². The lowest BCUT2D eigenvalue weighted by molar-refractivity contribution is -0.118. The number of amides is 1.